The van der Waals surface area contributed by atoms with Gasteiger partial charge in [-0.2, -0.15) is 0 Å². The highest BCUT2D eigenvalue weighted by molar-refractivity contribution is 5.69. The molecule has 2 saturated heterocycles. The topological polar surface area (TPSA) is 41.6 Å². The first-order valence-electron chi connectivity index (χ1n) is 6.92. The minimum atomic E-state index is -0.0849. The molecular formula is C13H24N2O2. The molecule has 0 spiro atoms. The molecule has 4 heteroatoms. The molecule has 4 nitrogen and oxygen atoms in total. The van der Waals surface area contributed by atoms with Gasteiger partial charge in [0, 0.05) is 18.6 Å². The van der Waals surface area contributed by atoms with E-state index in [0.717, 1.165) is 12.6 Å². The van der Waals surface area contributed by atoms with Crippen molar-refractivity contribution in [2.45, 2.75) is 51.1 Å². The van der Waals surface area contributed by atoms with E-state index in [-0.39, 0.29) is 5.97 Å². The summed E-state index contributed by atoms with van der Waals surface area (Å²) in [6, 6.07) is 1.40. The molecule has 2 aliphatic rings. The number of hydrogen-bond acceptors (Lipinski definition) is 4. The van der Waals surface area contributed by atoms with Gasteiger partial charge < -0.3 is 15.0 Å². The second kappa shape index (κ2) is 6.36. The molecule has 2 aliphatic heterocycles. The van der Waals surface area contributed by atoms with E-state index in [4.69, 9.17) is 4.74 Å². The van der Waals surface area contributed by atoms with E-state index in [1.54, 1.807) is 0 Å². The lowest BCUT2D eigenvalue weighted by Crippen LogP contribution is -2.46. The zero-order chi connectivity index (χ0) is 12.1. The molecule has 0 aliphatic carbocycles. The Hall–Kier alpha value is -0.610. The van der Waals surface area contributed by atoms with Crippen molar-refractivity contribution in [2.24, 2.45) is 0 Å². The smallest absolute Gasteiger partial charge is 0.307 e. The number of nitrogens with zero attached hydrogens (tertiary/aromatic N) is 1. The van der Waals surface area contributed by atoms with Gasteiger partial charge in [0.2, 0.25) is 0 Å². The van der Waals surface area contributed by atoms with Gasteiger partial charge in [-0.05, 0) is 45.7 Å². The number of hydrogen-bond donors (Lipinski definition) is 1. The maximum absolute atomic E-state index is 11.2. The van der Waals surface area contributed by atoms with Gasteiger partial charge >= 0.3 is 5.97 Å². The summed E-state index contributed by atoms with van der Waals surface area (Å²) >= 11 is 0. The molecule has 0 radical (unpaired) electrons. The third kappa shape index (κ3) is 3.68. The highest BCUT2D eigenvalue weighted by Crippen LogP contribution is 2.26. The van der Waals surface area contributed by atoms with Crippen LogP contribution in [-0.2, 0) is 9.53 Å². The van der Waals surface area contributed by atoms with Crippen LogP contribution in [0.15, 0.2) is 0 Å². The normalized spacial score (nSPS) is 29.0. The summed E-state index contributed by atoms with van der Waals surface area (Å²) in [5, 5.41) is 3.50. The standard InChI is InChI=1S/C13H24N2O2/c1-2-17-13(16)5-7-14-11-6-9-15-8-3-4-12(15)10-11/h11-12,14H,2-10H2,1H3. The molecule has 0 aromatic carbocycles. The van der Waals surface area contributed by atoms with E-state index < -0.39 is 0 Å². The van der Waals surface area contributed by atoms with Gasteiger partial charge in [0.15, 0.2) is 0 Å². The molecule has 2 rings (SSSR count). The minimum Gasteiger partial charge on any atom is -0.466 e. The minimum absolute atomic E-state index is 0.0849. The van der Waals surface area contributed by atoms with E-state index in [9.17, 15) is 4.79 Å². The van der Waals surface area contributed by atoms with Crippen LogP contribution in [-0.4, -0.2) is 49.2 Å². The van der Waals surface area contributed by atoms with E-state index >= 15 is 0 Å². The molecule has 0 saturated carbocycles. The fourth-order valence-electron chi connectivity index (χ4n) is 3.02. The number of ether oxygens (including phenoxy) is 1. The maximum atomic E-state index is 11.2. The molecule has 0 amide bonds. The van der Waals surface area contributed by atoms with Crippen LogP contribution in [0.5, 0.6) is 0 Å². The Morgan fingerprint density at radius 3 is 3.12 bits per heavy atom. The molecule has 0 aromatic rings. The molecule has 2 unspecified atom stereocenters. The largest absolute Gasteiger partial charge is 0.466 e. The fraction of sp³-hybridized carbons (Fsp3) is 0.923. The first kappa shape index (κ1) is 12.8. The molecule has 2 atom stereocenters. The summed E-state index contributed by atoms with van der Waals surface area (Å²) < 4.78 is 4.91. The Kier molecular flexibility index (Phi) is 4.80. The molecule has 2 fully saturated rings. The van der Waals surface area contributed by atoms with Gasteiger partial charge in [0.05, 0.1) is 13.0 Å². The Morgan fingerprint density at radius 1 is 1.41 bits per heavy atom. The van der Waals surface area contributed by atoms with Gasteiger partial charge in [0.25, 0.3) is 0 Å². The number of fused-ring (bicyclic) bond motifs is 1. The lowest BCUT2D eigenvalue weighted by atomic mass is 9.97. The molecule has 0 bridgehead atoms. The zero-order valence-electron chi connectivity index (χ0n) is 10.8. The Morgan fingerprint density at radius 2 is 2.29 bits per heavy atom. The average molecular weight is 240 g/mol. The first-order valence-corrected chi connectivity index (χ1v) is 6.92. The van der Waals surface area contributed by atoms with Gasteiger partial charge in [0.1, 0.15) is 0 Å². The number of esters is 1. The van der Waals surface area contributed by atoms with Crippen LogP contribution < -0.4 is 5.32 Å². The highest BCUT2D eigenvalue weighted by atomic mass is 16.5. The average Bonchev–Trinajstić information content (AvgIpc) is 2.76. The SMILES string of the molecule is CCOC(=O)CCNC1CCN2CCCC2C1. The van der Waals surface area contributed by atoms with Crippen LogP contribution >= 0.6 is 0 Å². The summed E-state index contributed by atoms with van der Waals surface area (Å²) in [6.45, 7) is 5.61. The van der Waals surface area contributed by atoms with Crippen molar-refractivity contribution in [2.75, 3.05) is 26.2 Å². The third-order valence-corrected chi connectivity index (χ3v) is 3.89. The lowest BCUT2D eigenvalue weighted by Gasteiger charge is -2.35. The van der Waals surface area contributed by atoms with Crippen LogP contribution in [0.2, 0.25) is 0 Å². The van der Waals surface area contributed by atoms with Crippen LogP contribution in [0.25, 0.3) is 0 Å². The number of rotatable bonds is 5. The Labute approximate surface area is 104 Å². The predicted octanol–water partition coefficient (Wildman–Crippen LogP) is 1.16. The Bertz CT molecular complexity index is 258. The van der Waals surface area contributed by atoms with E-state index in [2.05, 4.69) is 10.2 Å². The van der Waals surface area contributed by atoms with Crippen LogP contribution in [0.3, 0.4) is 0 Å². The highest BCUT2D eigenvalue weighted by Gasteiger charge is 2.31. The summed E-state index contributed by atoms with van der Waals surface area (Å²) in [7, 11) is 0. The van der Waals surface area contributed by atoms with Gasteiger partial charge in [-0.15, -0.1) is 0 Å². The molecule has 98 valence electrons. The number of nitrogens with one attached hydrogen (secondary N) is 1. The Balaban J connectivity index is 1.62. The van der Waals surface area contributed by atoms with E-state index in [0.29, 0.717) is 19.1 Å². The molecule has 0 aromatic heterocycles. The number of piperidine rings is 1. The second-order valence-electron chi connectivity index (χ2n) is 5.06. The van der Waals surface area contributed by atoms with Crippen molar-refractivity contribution in [1.82, 2.24) is 10.2 Å². The second-order valence-corrected chi connectivity index (χ2v) is 5.06. The van der Waals surface area contributed by atoms with Crippen LogP contribution in [0.1, 0.15) is 39.0 Å². The van der Waals surface area contributed by atoms with Crippen molar-refractivity contribution in [3.63, 3.8) is 0 Å². The van der Waals surface area contributed by atoms with Crippen molar-refractivity contribution >= 4 is 5.97 Å². The summed E-state index contributed by atoms with van der Waals surface area (Å²) in [6.07, 6.45) is 5.69. The molecular weight excluding hydrogens is 216 g/mol. The van der Waals surface area contributed by atoms with E-state index in [1.165, 1.54) is 38.8 Å². The van der Waals surface area contributed by atoms with Gasteiger partial charge in [-0.25, -0.2) is 0 Å². The quantitative estimate of drug-likeness (QED) is 0.732. The van der Waals surface area contributed by atoms with Crippen molar-refractivity contribution in [3.05, 3.63) is 0 Å². The van der Waals surface area contributed by atoms with Crippen molar-refractivity contribution < 1.29 is 9.53 Å². The zero-order valence-corrected chi connectivity index (χ0v) is 10.8. The number of carbonyl (C=O) groups excluding carboxylic acids is 1. The van der Waals surface area contributed by atoms with Crippen LogP contribution in [0.4, 0.5) is 0 Å². The van der Waals surface area contributed by atoms with Gasteiger partial charge in [-0.1, -0.05) is 0 Å². The lowest BCUT2D eigenvalue weighted by molar-refractivity contribution is -0.143. The fourth-order valence-corrected chi connectivity index (χ4v) is 3.02. The van der Waals surface area contributed by atoms with Crippen molar-refractivity contribution in [1.29, 1.82) is 0 Å². The van der Waals surface area contributed by atoms with E-state index in [1.807, 2.05) is 6.92 Å². The number of carbonyl (C=O) groups is 1. The molecule has 2 heterocycles. The van der Waals surface area contributed by atoms with Crippen molar-refractivity contribution in [3.8, 4) is 0 Å². The maximum Gasteiger partial charge on any atom is 0.307 e. The third-order valence-electron chi connectivity index (χ3n) is 3.89. The van der Waals surface area contributed by atoms with Gasteiger partial charge in [-0.3, -0.25) is 4.79 Å². The predicted molar refractivity (Wildman–Crippen MR) is 66.9 cm³/mol. The van der Waals surface area contributed by atoms with Crippen LogP contribution in [0, 0.1) is 0 Å². The summed E-state index contributed by atoms with van der Waals surface area (Å²) in [5.41, 5.74) is 0. The monoisotopic (exact) mass is 240 g/mol. The molecule has 1 N–H and O–H groups in total. The first-order chi connectivity index (χ1) is 8.29. The summed E-state index contributed by atoms with van der Waals surface area (Å²) in [5.74, 6) is -0.0849. The molecule has 17 heavy (non-hydrogen) atoms. The summed E-state index contributed by atoms with van der Waals surface area (Å²) in [4.78, 5) is 13.8.